The van der Waals surface area contributed by atoms with E-state index in [1.165, 1.54) is 0 Å². The Bertz CT molecular complexity index is 1200. The van der Waals surface area contributed by atoms with Crippen LogP contribution in [0.5, 0.6) is 0 Å². The van der Waals surface area contributed by atoms with E-state index < -0.39 is 0 Å². The van der Waals surface area contributed by atoms with Crippen molar-refractivity contribution >= 4 is 28.5 Å². The number of ether oxygens (including phenoxy) is 2. The maximum absolute atomic E-state index is 9.17. The first-order chi connectivity index (χ1) is 16.5. The molecule has 2 fully saturated rings. The minimum absolute atomic E-state index is 0.105. The van der Waals surface area contributed by atoms with Gasteiger partial charge in [-0.25, -0.2) is 4.98 Å². The van der Waals surface area contributed by atoms with Gasteiger partial charge >= 0.3 is 0 Å². The van der Waals surface area contributed by atoms with Gasteiger partial charge in [0.15, 0.2) is 5.65 Å². The lowest BCUT2D eigenvalue weighted by Gasteiger charge is -2.36. The van der Waals surface area contributed by atoms with Gasteiger partial charge in [0.2, 0.25) is 5.95 Å². The van der Waals surface area contributed by atoms with Gasteiger partial charge < -0.3 is 24.5 Å². The Morgan fingerprint density at radius 3 is 2.50 bits per heavy atom. The van der Waals surface area contributed by atoms with Crippen LogP contribution in [-0.4, -0.2) is 77.5 Å². The van der Waals surface area contributed by atoms with Crippen molar-refractivity contribution in [2.45, 2.75) is 33.0 Å². The first-order valence-electron chi connectivity index (χ1n) is 11.7. The number of rotatable bonds is 4. The summed E-state index contributed by atoms with van der Waals surface area (Å²) >= 11 is 0. The smallest absolute Gasteiger partial charge is 0.229 e. The van der Waals surface area contributed by atoms with Crippen LogP contribution in [0, 0.1) is 0 Å². The molecule has 4 heterocycles. The van der Waals surface area contributed by atoms with Crippen molar-refractivity contribution in [2.75, 3.05) is 49.2 Å². The molecule has 34 heavy (non-hydrogen) atoms. The molecule has 9 nitrogen and oxygen atoms in total. The quantitative estimate of drug-likeness (QED) is 0.358. The van der Waals surface area contributed by atoms with E-state index in [0.29, 0.717) is 30.5 Å². The fourth-order valence-corrected chi connectivity index (χ4v) is 4.60. The van der Waals surface area contributed by atoms with Crippen LogP contribution in [0.1, 0.15) is 26.3 Å². The third-order valence-corrected chi connectivity index (χ3v) is 6.27. The molecular weight excluding hydrogens is 432 g/mol. The Morgan fingerprint density at radius 2 is 1.76 bits per heavy atom. The third-order valence-electron chi connectivity index (χ3n) is 6.27. The van der Waals surface area contributed by atoms with Crippen LogP contribution >= 0.6 is 0 Å². The zero-order chi connectivity index (χ0) is 23.7. The van der Waals surface area contributed by atoms with Crippen molar-refractivity contribution in [1.29, 1.82) is 0 Å². The fraction of sp³-hybridized carbons (Fsp3) is 0.440. The highest BCUT2D eigenvalue weighted by atomic mass is 16.5. The van der Waals surface area contributed by atoms with E-state index in [0.717, 1.165) is 54.2 Å². The number of morpholine rings is 2. The Labute approximate surface area is 199 Å². The number of oxime groups is 1. The van der Waals surface area contributed by atoms with E-state index in [1.807, 2.05) is 30.3 Å². The summed E-state index contributed by atoms with van der Waals surface area (Å²) in [6.07, 6.45) is 0.210. The molecule has 2 saturated heterocycles. The summed E-state index contributed by atoms with van der Waals surface area (Å²) in [5, 5.41) is 13.4. The minimum Gasteiger partial charge on any atom is -0.411 e. The van der Waals surface area contributed by atoms with Gasteiger partial charge in [0.25, 0.3) is 0 Å². The molecule has 2 unspecified atom stereocenters. The topological polar surface area (TPSA) is 96.2 Å². The molecule has 2 aromatic heterocycles. The van der Waals surface area contributed by atoms with Crippen LogP contribution in [0.25, 0.3) is 22.3 Å². The molecule has 0 radical (unpaired) electrons. The molecule has 178 valence electrons. The van der Waals surface area contributed by atoms with Crippen LogP contribution < -0.4 is 9.80 Å². The molecular formula is C25H30N6O3. The second kappa shape index (κ2) is 9.52. The molecule has 2 atom stereocenters. The average Bonchev–Trinajstić information content (AvgIpc) is 2.87. The SMILES string of the molecule is C/C(=N/O)c1cccc(-c2ccc3c(N4CCOCC4)nc(N4CC(C)OC(C)C4)nc3n2)c1. The van der Waals surface area contributed by atoms with E-state index in [2.05, 4.69) is 34.9 Å². The largest absolute Gasteiger partial charge is 0.411 e. The lowest BCUT2D eigenvalue weighted by molar-refractivity contribution is -0.00570. The Hall–Kier alpha value is -3.30. The van der Waals surface area contributed by atoms with E-state index >= 15 is 0 Å². The molecule has 1 N–H and O–H groups in total. The standard InChI is InChI=1S/C25H30N6O3/c1-16-14-31(15-17(2)34-16)25-27-23-21(24(28-25)30-9-11-33-12-10-30)7-8-22(26-23)20-6-4-5-19(13-20)18(3)29-32/h4-8,13,16-17,32H,9-12,14-15H2,1-3H3/b29-18-. The minimum atomic E-state index is 0.105. The van der Waals surface area contributed by atoms with Gasteiger partial charge in [0.05, 0.1) is 42.2 Å². The van der Waals surface area contributed by atoms with Crippen LogP contribution in [0.15, 0.2) is 41.6 Å². The molecule has 1 aromatic carbocycles. The van der Waals surface area contributed by atoms with Crippen molar-refractivity contribution in [1.82, 2.24) is 15.0 Å². The molecule has 0 saturated carbocycles. The van der Waals surface area contributed by atoms with Crippen LogP contribution in [0.2, 0.25) is 0 Å². The normalized spacial score (nSPS) is 21.8. The monoisotopic (exact) mass is 462 g/mol. The lowest BCUT2D eigenvalue weighted by atomic mass is 10.0. The van der Waals surface area contributed by atoms with E-state index in [-0.39, 0.29) is 12.2 Å². The molecule has 3 aromatic rings. The maximum atomic E-state index is 9.17. The highest BCUT2D eigenvalue weighted by Crippen LogP contribution is 2.30. The maximum Gasteiger partial charge on any atom is 0.229 e. The molecule has 0 spiro atoms. The predicted octanol–water partition coefficient (Wildman–Crippen LogP) is 3.34. The molecule has 2 aliphatic heterocycles. The van der Waals surface area contributed by atoms with Gasteiger partial charge in [-0.3, -0.25) is 0 Å². The summed E-state index contributed by atoms with van der Waals surface area (Å²) < 4.78 is 11.5. The Balaban J connectivity index is 1.61. The van der Waals surface area contributed by atoms with E-state index in [4.69, 9.17) is 29.6 Å². The number of nitrogens with zero attached hydrogens (tertiary/aromatic N) is 6. The molecule has 0 bridgehead atoms. The van der Waals surface area contributed by atoms with Crippen LogP contribution in [0.3, 0.4) is 0 Å². The molecule has 9 heteroatoms. The predicted molar refractivity (Wildman–Crippen MR) is 132 cm³/mol. The average molecular weight is 463 g/mol. The fourth-order valence-electron chi connectivity index (χ4n) is 4.60. The molecule has 0 aliphatic carbocycles. The number of aromatic nitrogens is 3. The lowest BCUT2D eigenvalue weighted by Crippen LogP contribution is -2.46. The highest BCUT2D eigenvalue weighted by Gasteiger charge is 2.26. The second-order valence-electron chi connectivity index (χ2n) is 8.94. The van der Waals surface area contributed by atoms with Gasteiger partial charge in [-0.2, -0.15) is 9.97 Å². The van der Waals surface area contributed by atoms with Gasteiger partial charge in [-0.15, -0.1) is 0 Å². The van der Waals surface area contributed by atoms with Crippen molar-refractivity contribution in [3.8, 4) is 11.3 Å². The van der Waals surface area contributed by atoms with E-state index in [9.17, 15) is 0 Å². The summed E-state index contributed by atoms with van der Waals surface area (Å²) in [5.74, 6) is 1.57. The number of anilines is 2. The molecule has 2 aliphatic rings. The number of hydrogen-bond acceptors (Lipinski definition) is 9. The molecule has 0 amide bonds. The number of fused-ring (bicyclic) bond motifs is 1. The van der Waals surface area contributed by atoms with Crippen molar-refractivity contribution in [3.63, 3.8) is 0 Å². The summed E-state index contributed by atoms with van der Waals surface area (Å²) in [6.45, 7) is 10.3. The summed E-state index contributed by atoms with van der Waals surface area (Å²) in [4.78, 5) is 19.3. The van der Waals surface area contributed by atoms with Gasteiger partial charge in [-0.1, -0.05) is 23.4 Å². The van der Waals surface area contributed by atoms with Crippen molar-refractivity contribution < 1.29 is 14.7 Å². The second-order valence-corrected chi connectivity index (χ2v) is 8.94. The van der Waals surface area contributed by atoms with Crippen molar-refractivity contribution in [2.24, 2.45) is 5.16 Å². The summed E-state index contributed by atoms with van der Waals surface area (Å²) in [6, 6.07) is 11.9. The number of pyridine rings is 1. The summed E-state index contributed by atoms with van der Waals surface area (Å²) in [5.41, 5.74) is 3.80. The first-order valence-corrected chi connectivity index (χ1v) is 11.7. The number of hydrogen-bond donors (Lipinski definition) is 1. The Kier molecular flexibility index (Phi) is 6.30. The number of benzene rings is 1. The van der Waals surface area contributed by atoms with E-state index in [1.54, 1.807) is 6.92 Å². The van der Waals surface area contributed by atoms with Crippen molar-refractivity contribution in [3.05, 3.63) is 42.0 Å². The van der Waals surface area contributed by atoms with Gasteiger partial charge in [0.1, 0.15) is 5.82 Å². The summed E-state index contributed by atoms with van der Waals surface area (Å²) in [7, 11) is 0. The zero-order valence-corrected chi connectivity index (χ0v) is 19.8. The van der Waals surface area contributed by atoms with Crippen LogP contribution in [0.4, 0.5) is 11.8 Å². The third kappa shape index (κ3) is 4.53. The first kappa shape index (κ1) is 22.5. The highest BCUT2D eigenvalue weighted by molar-refractivity contribution is 5.99. The van der Waals surface area contributed by atoms with Gasteiger partial charge in [-0.05, 0) is 44.5 Å². The Morgan fingerprint density at radius 1 is 1.00 bits per heavy atom. The zero-order valence-electron chi connectivity index (χ0n) is 19.8. The molecule has 5 rings (SSSR count). The van der Waals surface area contributed by atoms with Crippen LogP contribution in [-0.2, 0) is 9.47 Å². The van der Waals surface area contributed by atoms with Gasteiger partial charge in [0, 0.05) is 31.7 Å².